The molecule has 1 aliphatic heterocycles. The summed E-state index contributed by atoms with van der Waals surface area (Å²) in [5, 5.41) is 3.65. The van der Waals surface area contributed by atoms with Crippen LogP contribution < -0.4 is 5.32 Å². The van der Waals surface area contributed by atoms with E-state index >= 15 is 0 Å². The van der Waals surface area contributed by atoms with E-state index in [1.807, 2.05) is 0 Å². The summed E-state index contributed by atoms with van der Waals surface area (Å²) in [6, 6.07) is 1.47. The molecule has 0 radical (unpaired) electrons. The predicted molar refractivity (Wildman–Crippen MR) is 44.6 cm³/mol. The third kappa shape index (κ3) is 1.94. The molecule has 2 heteroatoms. The van der Waals surface area contributed by atoms with Gasteiger partial charge in [-0.05, 0) is 19.3 Å². The van der Waals surface area contributed by atoms with Crippen LogP contribution in [0.1, 0.15) is 32.1 Å². The Morgan fingerprint density at radius 1 is 1.00 bits per heavy atom. The summed E-state index contributed by atoms with van der Waals surface area (Å²) < 4.78 is 5.30. The Bertz CT molecular complexity index is 101. The number of rotatable bonds is 2. The van der Waals surface area contributed by atoms with Crippen LogP contribution in [0, 0.1) is 0 Å². The molecule has 1 saturated carbocycles. The highest BCUT2D eigenvalue weighted by Crippen LogP contribution is 2.19. The van der Waals surface area contributed by atoms with Crippen LogP contribution in [0.2, 0.25) is 0 Å². The zero-order chi connectivity index (χ0) is 7.52. The van der Waals surface area contributed by atoms with Gasteiger partial charge in [0.25, 0.3) is 0 Å². The molecular formula is C9H17NO. The van der Waals surface area contributed by atoms with E-state index in [1.165, 1.54) is 32.1 Å². The molecule has 11 heavy (non-hydrogen) atoms. The second-order valence-electron chi connectivity index (χ2n) is 3.71. The first-order chi connectivity index (χ1) is 5.45. The summed E-state index contributed by atoms with van der Waals surface area (Å²) in [5.74, 6) is 0. The topological polar surface area (TPSA) is 21.3 Å². The van der Waals surface area contributed by atoms with Gasteiger partial charge in [0.2, 0.25) is 0 Å². The van der Waals surface area contributed by atoms with Crippen LogP contribution in [0.25, 0.3) is 0 Å². The van der Waals surface area contributed by atoms with Crippen molar-refractivity contribution in [2.45, 2.75) is 44.2 Å². The van der Waals surface area contributed by atoms with E-state index in [0.29, 0.717) is 6.04 Å². The minimum absolute atomic E-state index is 0.665. The first kappa shape index (κ1) is 7.56. The predicted octanol–water partition coefficient (Wildman–Crippen LogP) is 1.31. The van der Waals surface area contributed by atoms with Crippen molar-refractivity contribution in [2.24, 2.45) is 0 Å². The van der Waals surface area contributed by atoms with Gasteiger partial charge in [0.15, 0.2) is 0 Å². The lowest BCUT2D eigenvalue weighted by atomic mass is 10.2. The molecule has 1 atom stereocenters. The van der Waals surface area contributed by atoms with Gasteiger partial charge in [0, 0.05) is 18.7 Å². The summed E-state index contributed by atoms with van der Waals surface area (Å²) in [4.78, 5) is 0. The molecule has 1 unspecified atom stereocenters. The van der Waals surface area contributed by atoms with Gasteiger partial charge in [-0.3, -0.25) is 0 Å². The third-order valence-electron chi connectivity index (χ3n) is 2.76. The molecular weight excluding hydrogens is 138 g/mol. The van der Waals surface area contributed by atoms with Gasteiger partial charge >= 0.3 is 0 Å². The summed E-state index contributed by atoms with van der Waals surface area (Å²) in [7, 11) is 0. The maximum atomic E-state index is 5.30. The Morgan fingerprint density at radius 3 is 2.45 bits per heavy atom. The molecule has 0 bridgehead atoms. The number of hydrogen-bond donors (Lipinski definition) is 1. The van der Waals surface area contributed by atoms with Crippen molar-refractivity contribution >= 4 is 0 Å². The van der Waals surface area contributed by atoms with E-state index in [-0.39, 0.29) is 0 Å². The summed E-state index contributed by atoms with van der Waals surface area (Å²) in [5.41, 5.74) is 0. The highest BCUT2D eigenvalue weighted by Gasteiger charge is 2.21. The van der Waals surface area contributed by atoms with E-state index < -0.39 is 0 Å². The first-order valence-corrected chi connectivity index (χ1v) is 4.79. The maximum absolute atomic E-state index is 5.30. The van der Waals surface area contributed by atoms with Crippen molar-refractivity contribution in [3.63, 3.8) is 0 Å². The summed E-state index contributed by atoms with van der Waals surface area (Å²) in [6.07, 6.45) is 6.83. The quantitative estimate of drug-likeness (QED) is 0.649. The van der Waals surface area contributed by atoms with Crippen molar-refractivity contribution < 1.29 is 4.74 Å². The molecule has 1 heterocycles. The SMILES string of the molecule is C1CCC(NC2CCOC2)C1. The normalized spacial score (nSPS) is 33.3. The van der Waals surface area contributed by atoms with Gasteiger partial charge in [0.1, 0.15) is 0 Å². The molecule has 64 valence electrons. The van der Waals surface area contributed by atoms with Crippen LogP contribution in [0.15, 0.2) is 0 Å². The molecule has 0 amide bonds. The Balaban J connectivity index is 1.71. The molecule has 1 aliphatic carbocycles. The van der Waals surface area contributed by atoms with Gasteiger partial charge in [-0.1, -0.05) is 12.8 Å². The Kier molecular flexibility index (Phi) is 2.44. The minimum atomic E-state index is 0.665. The Labute approximate surface area is 68.3 Å². The maximum Gasteiger partial charge on any atom is 0.0620 e. The minimum Gasteiger partial charge on any atom is -0.380 e. The van der Waals surface area contributed by atoms with Crippen LogP contribution in [-0.2, 0) is 4.74 Å². The molecule has 2 fully saturated rings. The summed E-state index contributed by atoms with van der Waals surface area (Å²) >= 11 is 0. The molecule has 1 N–H and O–H groups in total. The number of hydrogen-bond acceptors (Lipinski definition) is 2. The first-order valence-electron chi connectivity index (χ1n) is 4.79. The van der Waals surface area contributed by atoms with Crippen molar-refractivity contribution in [2.75, 3.05) is 13.2 Å². The van der Waals surface area contributed by atoms with Crippen molar-refractivity contribution in [1.29, 1.82) is 0 Å². The highest BCUT2D eigenvalue weighted by molar-refractivity contribution is 4.80. The molecule has 0 aromatic heterocycles. The fourth-order valence-corrected chi connectivity index (χ4v) is 2.09. The smallest absolute Gasteiger partial charge is 0.0620 e. The second kappa shape index (κ2) is 3.55. The van der Waals surface area contributed by atoms with E-state index in [4.69, 9.17) is 4.74 Å². The molecule has 2 rings (SSSR count). The summed E-state index contributed by atoms with van der Waals surface area (Å²) in [6.45, 7) is 1.90. The van der Waals surface area contributed by atoms with Gasteiger partial charge in [-0.15, -0.1) is 0 Å². The molecule has 0 aromatic rings. The van der Waals surface area contributed by atoms with Crippen LogP contribution in [0.4, 0.5) is 0 Å². The van der Waals surface area contributed by atoms with Crippen LogP contribution in [0.5, 0.6) is 0 Å². The Morgan fingerprint density at radius 2 is 1.82 bits per heavy atom. The zero-order valence-electron chi connectivity index (χ0n) is 7.01. The monoisotopic (exact) mass is 155 g/mol. The van der Waals surface area contributed by atoms with Gasteiger partial charge < -0.3 is 10.1 Å². The number of ether oxygens (including phenoxy) is 1. The van der Waals surface area contributed by atoms with Crippen LogP contribution in [-0.4, -0.2) is 25.3 Å². The van der Waals surface area contributed by atoms with E-state index in [0.717, 1.165) is 19.3 Å². The van der Waals surface area contributed by atoms with Gasteiger partial charge in [-0.25, -0.2) is 0 Å². The van der Waals surface area contributed by atoms with Gasteiger partial charge in [0.05, 0.1) is 6.61 Å². The molecule has 2 aliphatic rings. The van der Waals surface area contributed by atoms with Gasteiger partial charge in [-0.2, -0.15) is 0 Å². The lowest BCUT2D eigenvalue weighted by molar-refractivity contribution is 0.188. The average molecular weight is 155 g/mol. The van der Waals surface area contributed by atoms with Crippen LogP contribution >= 0.6 is 0 Å². The lowest BCUT2D eigenvalue weighted by Crippen LogP contribution is -2.36. The van der Waals surface area contributed by atoms with Crippen molar-refractivity contribution in [3.05, 3.63) is 0 Å². The fourth-order valence-electron chi connectivity index (χ4n) is 2.09. The second-order valence-corrected chi connectivity index (χ2v) is 3.71. The Hall–Kier alpha value is -0.0800. The lowest BCUT2D eigenvalue weighted by Gasteiger charge is -2.16. The molecule has 0 spiro atoms. The standard InChI is InChI=1S/C9H17NO/c1-2-4-8(3-1)10-9-5-6-11-7-9/h8-10H,1-7H2. The highest BCUT2D eigenvalue weighted by atomic mass is 16.5. The zero-order valence-corrected chi connectivity index (χ0v) is 7.01. The van der Waals surface area contributed by atoms with Crippen LogP contribution in [0.3, 0.4) is 0 Å². The van der Waals surface area contributed by atoms with Crippen molar-refractivity contribution in [1.82, 2.24) is 5.32 Å². The largest absolute Gasteiger partial charge is 0.380 e. The van der Waals surface area contributed by atoms with E-state index in [9.17, 15) is 0 Å². The molecule has 1 saturated heterocycles. The van der Waals surface area contributed by atoms with Crippen molar-refractivity contribution in [3.8, 4) is 0 Å². The third-order valence-corrected chi connectivity index (χ3v) is 2.76. The average Bonchev–Trinajstić information content (AvgIpc) is 2.60. The molecule has 2 nitrogen and oxygen atoms in total. The van der Waals surface area contributed by atoms with E-state index in [1.54, 1.807) is 0 Å². The fraction of sp³-hybridized carbons (Fsp3) is 1.00. The molecule has 0 aromatic carbocycles. The van der Waals surface area contributed by atoms with E-state index in [2.05, 4.69) is 5.32 Å². The number of nitrogens with one attached hydrogen (secondary N) is 1.